The van der Waals surface area contributed by atoms with Gasteiger partial charge >= 0.3 is 0 Å². The quantitative estimate of drug-likeness (QED) is 0.417. The molecular weight excluding hydrogens is 338 g/mol. The van der Waals surface area contributed by atoms with E-state index in [1.54, 1.807) is 24.3 Å². The Labute approximate surface area is 159 Å². The van der Waals surface area contributed by atoms with Crippen molar-refractivity contribution in [1.29, 1.82) is 0 Å². The fourth-order valence-electron chi connectivity index (χ4n) is 3.26. The summed E-state index contributed by atoms with van der Waals surface area (Å²) in [6, 6.07) is 21.3. The first-order chi connectivity index (χ1) is 13.1. The molecule has 3 rings (SSSR count). The molecule has 136 valence electrons. The van der Waals surface area contributed by atoms with Crippen LogP contribution in [0.1, 0.15) is 42.5 Å². The molecule has 0 heterocycles. The number of rotatable bonds is 5. The van der Waals surface area contributed by atoms with E-state index in [9.17, 15) is 8.78 Å². The average Bonchev–Trinajstić information content (AvgIpc) is 2.69. The second-order valence-electron chi connectivity index (χ2n) is 6.34. The van der Waals surface area contributed by atoms with Gasteiger partial charge in [-0.15, -0.1) is 0 Å². The Bertz CT molecular complexity index is 897. The predicted octanol–water partition coefficient (Wildman–Crippen LogP) is 7.37. The van der Waals surface area contributed by atoms with E-state index in [0.29, 0.717) is 0 Å². The molecule has 0 radical (unpaired) electrons. The fourth-order valence-corrected chi connectivity index (χ4v) is 3.26. The fraction of sp³-hybridized carbons (Fsp3) is 0.120. The summed E-state index contributed by atoms with van der Waals surface area (Å²) in [5.74, 6) is -0.545. The van der Waals surface area contributed by atoms with E-state index in [4.69, 9.17) is 0 Å². The van der Waals surface area contributed by atoms with Gasteiger partial charge in [-0.1, -0.05) is 67.6 Å². The van der Waals surface area contributed by atoms with Crippen LogP contribution in [0.15, 0.2) is 78.9 Å². The number of hydrogen-bond donors (Lipinski definition) is 0. The third kappa shape index (κ3) is 4.40. The topological polar surface area (TPSA) is 0 Å². The summed E-state index contributed by atoms with van der Waals surface area (Å²) < 4.78 is 26.9. The first-order valence-corrected chi connectivity index (χ1v) is 9.10. The average molecular weight is 360 g/mol. The van der Waals surface area contributed by atoms with Crippen molar-refractivity contribution in [2.75, 3.05) is 0 Å². The minimum atomic E-state index is -0.272. The lowest BCUT2D eigenvalue weighted by Gasteiger charge is -2.16. The Kier molecular flexibility index (Phi) is 5.97. The van der Waals surface area contributed by atoms with Gasteiger partial charge in [-0.2, -0.15) is 0 Å². The molecule has 0 saturated heterocycles. The summed E-state index contributed by atoms with van der Waals surface area (Å²) in [6.07, 6.45) is 4.86. The molecule has 0 bridgehead atoms. The van der Waals surface area contributed by atoms with Crippen LogP contribution in [0.4, 0.5) is 8.78 Å². The van der Waals surface area contributed by atoms with Gasteiger partial charge in [0, 0.05) is 0 Å². The second-order valence-corrected chi connectivity index (χ2v) is 6.34. The van der Waals surface area contributed by atoms with Crippen molar-refractivity contribution in [2.24, 2.45) is 0 Å². The summed E-state index contributed by atoms with van der Waals surface area (Å²) in [6.45, 7) is 4.09. The first-order valence-electron chi connectivity index (χ1n) is 9.10. The Morgan fingerprint density at radius 2 is 1.15 bits per heavy atom. The van der Waals surface area contributed by atoms with E-state index < -0.39 is 0 Å². The van der Waals surface area contributed by atoms with Crippen molar-refractivity contribution in [3.63, 3.8) is 0 Å². The van der Waals surface area contributed by atoms with Crippen LogP contribution in [0.25, 0.3) is 17.2 Å². The highest BCUT2D eigenvalue weighted by Crippen LogP contribution is 2.34. The van der Waals surface area contributed by atoms with Crippen molar-refractivity contribution in [1.82, 2.24) is 0 Å². The third-order valence-electron chi connectivity index (χ3n) is 4.54. The Morgan fingerprint density at radius 1 is 0.704 bits per heavy atom. The molecule has 0 nitrogen and oxygen atoms in total. The van der Waals surface area contributed by atoms with Crippen molar-refractivity contribution >= 4 is 17.2 Å². The van der Waals surface area contributed by atoms with Crippen molar-refractivity contribution < 1.29 is 8.78 Å². The molecule has 0 N–H and O–H groups in total. The molecule has 0 fully saturated rings. The van der Waals surface area contributed by atoms with Gasteiger partial charge in [0.25, 0.3) is 0 Å². The van der Waals surface area contributed by atoms with Gasteiger partial charge < -0.3 is 0 Å². The van der Waals surface area contributed by atoms with Crippen LogP contribution in [0.2, 0.25) is 0 Å². The van der Waals surface area contributed by atoms with E-state index in [-0.39, 0.29) is 11.6 Å². The van der Waals surface area contributed by atoms with Crippen LogP contribution < -0.4 is 0 Å². The van der Waals surface area contributed by atoms with Crippen LogP contribution in [-0.2, 0) is 0 Å². The lowest BCUT2D eigenvalue weighted by Crippen LogP contribution is -1.96. The molecule has 3 aromatic rings. The van der Waals surface area contributed by atoms with Crippen molar-refractivity contribution in [2.45, 2.75) is 20.3 Å². The second kappa shape index (κ2) is 8.59. The maximum Gasteiger partial charge on any atom is 0.123 e. The molecule has 2 heteroatoms. The smallest absolute Gasteiger partial charge is 0.123 e. The van der Waals surface area contributed by atoms with Gasteiger partial charge in [0.1, 0.15) is 11.6 Å². The monoisotopic (exact) mass is 360 g/mol. The van der Waals surface area contributed by atoms with Gasteiger partial charge in [0.05, 0.1) is 0 Å². The van der Waals surface area contributed by atoms with Crippen LogP contribution in [0.5, 0.6) is 0 Å². The molecule has 0 atom stereocenters. The van der Waals surface area contributed by atoms with Crippen molar-refractivity contribution in [3.05, 3.63) is 113 Å². The van der Waals surface area contributed by atoms with E-state index in [0.717, 1.165) is 39.8 Å². The molecule has 0 aromatic heterocycles. The maximum atomic E-state index is 13.5. The molecule has 0 saturated carbocycles. The SMILES string of the molecule is C/C=C/c1ccc(C(CC)=C(c2ccc(F)cc2)c2ccc(F)cc2)cc1. The molecule has 0 aliphatic carbocycles. The number of benzene rings is 3. The van der Waals surface area contributed by atoms with E-state index in [2.05, 4.69) is 37.3 Å². The van der Waals surface area contributed by atoms with Gasteiger partial charge in [-0.05, 0) is 71.0 Å². The summed E-state index contributed by atoms with van der Waals surface area (Å²) >= 11 is 0. The van der Waals surface area contributed by atoms with Gasteiger partial charge in [-0.3, -0.25) is 0 Å². The highest BCUT2D eigenvalue weighted by molar-refractivity contribution is 5.98. The molecular formula is C25H22F2. The van der Waals surface area contributed by atoms with Gasteiger partial charge in [0.15, 0.2) is 0 Å². The zero-order valence-electron chi connectivity index (χ0n) is 15.5. The van der Waals surface area contributed by atoms with Gasteiger partial charge in [0.2, 0.25) is 0 Å². The number of allylic oxidation sites excluding steroid dienone is 2. The Balaban J connectivity index is 2.21. The largest absolute Gasteiger partial charge is 0.207 e. The molecule has 0 spiro atoms. The van der Waals surface area contributed by atoms with E-state index in [1.165, 1.54) is 24.3 Å². The van der Waals surface area contributed by atoms with Crippen LogP contribution in [-0.4, -0.2) is 0 Å². The highest BCUT2D eigenvalue weighted by atomic mass is 19.1. The zero-order valence-corrected chi connectivity index (χ0v) is 15.5. The summed E-state index contributed by atoms with van der Waals surface area (Å²) in [4.78, 5) is 0. The maximum absolute atomic E-state index is 13.5. The predicted molar refractivity (Wildman–Crippen MR) is 110 cm³/mol. The van der Waals surface area contributed by atoms with Crippen LogP contribution in [0, 0.1) is 11.6 Å². The summed E-state index contributed by atoms with van der Waals surface area (Å²) in [5, 5.41) is 0. The lowest BCUT2D eigenvalue weighted by molar-refractivity contribution is 0.627. The number of hydrogen-bond acceptors (Lipinski definition) is 0. The molecule has 0 aliphatic heterocycles. The third-order valence-corrected chi connectivity index (χ3v) is 4.54. The minimum Gasteiger partial charge on any atom is -0.207 e. The van der Waals surface area contributed by atoms with Gasteiger partial charge in [-0.25, -0.2) is 8.78 Å². The molecule has 3 aromatic carbocycles. The molecule has 0 unspecified atom stereocenters. The normalized spacial score (nSPS) is 11.0. The zero-order chi connectivity index (χ0) is 19.2. The van der Waals surface area contributed by atoms with Crippen LogP contribution in [0.3, 0.4) is 0 Å². The Hall–Kier alpha value is -3.00. The van der Waals surface area contributed by atoms with E-state index >= 15 is 0 Å². The number of halogens is 2. The van der Waals surface area contributed by atoms with E-state index in [1.807, 2.05) is 13.0 Å². The highest BCUT2D eigenvalue weighted by Gasteiger charge is 2.13. The molecule has 0 aliphatic rings. The first kappa shape index (κ1) is 18.8. The summed E-state index contributed by atoms with van der Waals surface area (Å²) in [7, 11) is 0. The lowest BCUT2D eigenvalue weighted by atomic mass is 9.88. The van der Waals surface area contributed by atoms with Crippen molar-refractivity contribution in [3.8, 4) is 0 Å². The van der Waals surface area contributed by atoms with Crippen LogP contribution >= 0.6 is 0 Å². The standard InChI is InChI=1S/C25H22F2/c1-3-5-18-6-8-19(9-7-18)24(4-2)25(20-10-14-22(26)15-11-20)21-12-16-23(27)17-13-21/h3,5-17H,4H2,1-2H3/b5-3+. The molecule has 0 amide bonds. The summed E-state index contributed by atoms with van der Waals surface area (Å²) in [5.41, 5.74) is 6.21. The minimum absolute atomic E-state index is 0.272. The Morgan fingerprint density at radius 3 is 1.56 bits per heavy atom. The molecule has 27 heavy (non-hydrogen) atoms.